The zero-order valence-corrected chi connectivity index (χ0v) is 14.3. The Labute approximate surface area is 136 Å². The van der Waals surface area contributed by atoms with Crippen molar-refractivity contribution in [3.8, 4) is 0 Å². The number of nitrogens with zero attached hydrogens (tertiary/aromatic N) is 1. The maximum absolute atomic E-state index is 12.5. The summed E-state index contributed by atoms with van der Waals surface area (Å²) in [5, 5.41) is 8.09. The molecule has 0 radical (unpaired) electrons. The van der Waals surface area contributed by atoms with Crippen LogP contribution in [0.15, 0.2) is 17.5 Å². The van der Waals surface area contributed by atoms with Gasteiger partial charge in [0.2, 0.25) is 5.91 Å². The van der Waals surface area contributed by atoms with Crippen LogP contribution in [0, 0.1) is 5.92 Å². The van der Waals surface area contributed by atoms with Crippen LogP contribution in [0.2, 0.25) is 0 Å². The van der Waals surface area contributed by atoms with Gasteiger partial charge in [0.25, 0.3) is 0 Å². The van der Waals surface area contributed by atoms with E-state index < -0.39 is 0 Å². The van der Waals surface area contributed by atoms with Crippen molar-refractivity contribution >= 4 is 23.3 Å². The van der Waals surface area contributed by atoms with Crippen molar-refractivity contribution in [2.45, 2.75) is 45.7 Å². The smallest absolute Gasteiger partial charge is 0.317 e. The van der Waals surface area contributed by atoms with Gasteiger partial charge in [0, 0.05) is 30.9 Å². The number of likely N-dealkylation sites (tertiary alicyclic amines) is 1. The molecule has 0 unspecified atom stereocenters. The Hall–Kier alpha value is -1.56. The second kappa shape index (κ2) is 7.63. The number of hydrogen-bond acceptors (Lipinski definition) is 3. The zero-order valence-electron chi connectivity index (χ0n) is 13.5. The molecule has 2 heterocycles. The summed E-state index contributed by atoms with van der Waals surface area (Å²) < 4.78 is 0. The summed E-state index contributed by atoms with van der Waals surface area (Å²) in [6.07, 6.45) is 1.85. The number of carbonyl (C=O) groups is 2. The van der Waals surface area contributed by atoms with Gasteiger partial charge in [-0.2, -0.15) is 0 Å². The molecule has 1 aromatic rings. The third-order valence-corrected chi connectivity index (χ3v) is 4.87. The van der Waals surface area contributed by atoms with E-state index in [0.717, 1.165) is 19.4 Å². The second-order valence-electron chi connectivity index (χ2n) is 6.17. The molecule has 2 atom stereocenters. The Morgan fingerprint density at radius 1 is 1.41 bits per heavy atom. The number of urea groups is 1. The van der Waals surface area contributed by atoms with E-state index >= 15 is 0 Å². The monoisotopic (exact) mass is 323 g/mol. The van der Waals surface area contributed by atoms with E-state index in [1.54, 1.807) is 11.3 Å². The highest BCUT2D eigenvalue weighted by molar-refractivity contribution is 7.10. The van der Waals surface area contributed by atoms with Crippen molar-refractivity contribution in [2.75, 3.05) is 13.1 Å². The largest absolute Gasteiger partial charge is 0.352 e. The van der Waals surface area contributed by atoms with Gasteiger partial charge in [0.15, 0.2) is 0 Å². The molecule has 122 valence electrons. The maximum Gasteiger partial charge on any atom is 0.317 e. The summed E-state index contributed by atoms with van der Waals surface area (Å²) in [5.74, 6) is 0.296. The molecule has 1 fully saturated rings. The van der Waals surface area contributed by atoms with Crippen LogP contribution in [0.3, 0.4) is 0 Å². The fourth-order valence-corrected chi connectivity index (χ4v) is 3.77. The van der Waals surface area contributed by atoms with Crippen molar-refractivity contribution in [1.29, 1.82) is 0 Å². The van der Waals surface area contributed by atoms with Crippen molar-refractivity contribution in [3.05, 3.63) is 22.4 Å². The van der Waals surface area contributed by atoms with E-state index in [1.807, 2.05) is 16.3 Å². The van der Waals surface area contributed by atoms with Gasteiger partial charge in [-0.3, -0.25) is 4.79 Å². The van der Waals surface area contributed by atoms with Crippen LogP contribution >= 0.6 is 11.3 Å². The molecule has 5 nitrogen and oxygen atoms in total. The lowest BCUT2D eigenvalue weighted by molar-refractivity contribution is -0.119. The van der Waals surface area contributed by atoms with Gasteiger partial charge < -0.3 is 15.5 Å². The number of carbonyl (C=O) groups excluding carboxylic acids is 2. The molecule has 1 aliphatic heterocycles. The summed E-state index contributed by atoms with van der Waals surface area (Å²) in [6.45, 7) is 7.07. The predicted octanol–water partition coefficient (Wildman–Crippen LogP) is 2.76. The van der Waals surface area contributed by atoms with Crippen LogP contribution in [-0.2, 0) is 4.79 Å². The molecule has 6 heteroatoms. The first-order valence-corrected chi connectivity index (χ1v) is 8.71. The highest BCUT2D eigenvalue weighted by Crippen LogP contribution is 2.26. The van der Waals surface area contributed by atoms with Crippen molar-refractivity contribution in [3.63, 3.8) is 0 Å². The van der Waals surface area contributed by atoms with Gasteiger partial charge in [0.05, 0.1) is 6.04 Å². The zero-order chi connectivity index (χ0) is 16.1. The second-order valence-corrected chi connectivity index (χ2v) is 7.15. The normalized spacial score (nSPS) is 19.8. The SMILES string of the molecule is CC(=O)N[C@@H]1CCCN(C(=O)N[C@H](c2cccs2)C(C)C)C1. The molecule has 3 amide bonds. The predicted molar refractivity (Wildman–Crippen MR) is 88.8 cm³/mol. The lowest BCUT2D eigenvalue weighted by atomic mass is 10.0. The van der Waals surface area contributed by atoms with Gasteiger partial charge in [-0.25, -0.2) is 4.79 Å². The molecule has 0 aliphatic carbocycles. The number of thiophene rings is 1. The first-order valence-electron chi connectivity index (χ1n) is 7.83. The number of piperidine rings is 1. The van der Waals surface area contributed by atoms with Gasteiger partial charge in [-0.05, 0) is 30.2 Å². The lowest BCUT2D eigenvalue weighted by Crippen LogP contribution is -2.52. The van der Waals surface area contributed by atoms with Crippen LogP contribution in [0.5, 0.6) is 0 Å². The van der Waals surface area contributed by atoms with Crippen LogP contribution < -0.4 is 10.6 Å². The molecular formula is C16H25N3O2S. The van der Waals surface area contributed by atoms with E-state index in [0.29, 0.717) is 12.5 Å². The van der Waals surface area contributed by atoms with E-state index in [9.17, 15) is 9.59 Å². The molecule has 2 N–H and O–H groups in total. The molecular weight excluding hydrogens is 298 g/mol. The van der Waals surface area contributed by atoms with Crippen LogP contribution in [0.4, 0.5) is 4.79 Å². The molecule has 0 saturated carbocycles. The van der Waals surface area contributed by atoms with Crippen molar-refractivity contribution in [2.24, 2.45) is 5.92 Å². The van der Waals surface area contributed by atoms with Gasteiger partial charge in [-0.15, -0.1) is 11.3 Å². The topological polar surface area (TPSA) is 61.4 Å². The Morgan fingerprint density at radius 3 is 2.77 bits per heavy atom. The fourth-order valence-electron chi connectivity index (χ4n) is 2.83. The number of nitrogens with one attached hydrogen (secondary N) is 2. The molecule has 1 saturated heterocycles. The molecule has 1 aromatic heterocycles. The van der Waals surface area contributed by atoms with Crippen LogP contribution in [-0.4, -0.2) is 36.0 Å². The van der Waals surface area contributed by atoms with Gasteiger partial charge in [-0.1, -0.05) is 19.9 Å². The summed E-state index contributed by atoms with van der Waals surface area (Å²) in [5.41, 5.74) is 0. The Morgan fingerprint density at radius 2 is 2.18 bits per heavy atom. The maximum atomic E-state index is 12.5. The third kappa shape index (κ3) is 4.47. The number of hydrogen-bond donors (Lipinski definition) is 2. The van der Waals surface area contributed by atoms with Crippen molar-refractivity contribution in [1.82, 2.24) is 15.5 Å². The summed E-state index contributed by atoms with van der Waals surface area (Å²) in [6, 6.07) is 4.13. The van der Waals surface area contributed by atoms with E-state index in [1.165, 1.54) is 11.8 Å². The molecule has 1 aliphatic rings. The Bertz CT molecular complexity index is 501. The third-order valence-electron chi connectivity index (χ3n) is 3.91. The van der Waals surface area contributed by atoms with Crippen molar-refractivity contribution < 1.29 is 9.59 Å². The summed E-state index contributed by atoms with van der Waals surface area (Å²) in [4.78, 5) is 26.7. The molecule has 22 heavy (non-hydrogen) atoms. The Balaban J connectivity index is 1.96. The number of amides is 3. The standard InChI is InChI=1S/C16H25N3O2S/c1-11(2)15(14-7-5-9-22-14)18-16(21)19-8-4-6-13(10-19)17-12(3)20/h5,7,9,11,13,15H,4,6,8,10H2,1-3H3,(H,17,20)(H,18,21)/t13-,15+/m1/s1. The quantitative estimate of drug-likeness (QED) is 0.895. The molecule has 0 aromatic carbocycles. The lowest BCUT2D eigenvalue weighted by Gasteiger charge is -2.34. The highest BCUT2D eigenvalue weighted by Gasteiger charge is 2.27. The van der Waals surface area contributed by atoms with Gasteiger partial charge >= 0.3 is 6.03 Å². The minimum Gasteiger partial charge on any atom is -0.352 e. The molecule has 2 rings (SSSR count). The first kappa shape index (κ1) is 16.8. The van der Waals surface area contributed by atoms with E-state index in [4.69, 9.17) is 0 Å². The first-order chi connectivity index (χ1) is 10.5. The Kier molecular flexibility index (Phi) is 5.83. The minimum absolute atomic E-state index is 0.0358. The fraction of sp³-hybridized carbons (Fsp3) is 0.625. The summed E-state index contributed by atoms with van der Waals surface area (Å²) >= 11 is 1.67. The molecule has 0 spiro atoms. The van der Waals surface area contributed by atoms with Crippen LogP contribution in [0.1, 0.15) is 44.5 Å². The van der Waals surface area contributed by atoms with Gasteiger partial charge in [0.1, 0.15) is 0 Å². The highest BCUT2D eigenvalue weighted by atomic mass is 32.1. The molecule has 0 bridgehead atoms. The van der Waals surface area contributed by atoms with E-state index in [-0.39, 0.29) is 24.0 Å². The summed E-state index contributed by atoms with van der Waals surface area (Å²) in [7, 11) is 0. The van der Waals surface area contributed by atoms with E-state index in [2.05, 4.69) is 30.5 Å². The van der Waals surface area contributed by atoms with Crippen LogP contribution in [0.25, 0.3) is 0 Å². The average Bonchev–Trinajstić information content (AvgIpc) is 2.97. The average molecular weight is 323 g/mol. The number of rotatable bonds is 4. The minimum atomic E-state index is -0.0397.